The fraction of sp³-hybridized carbons (Fsp3) is 0.321. The van der Waals surface area contributed by atoms with Crippen LogP contribution in [0.1, 0.15) is 65.1 Å². The molecule has 5 nitrogen and oxygen atoms in total. The van der Waals surface area contributed by atoms with Crippen molar-refractivity contribution in [2.45, 2.75) is 59.7 Å². The molecule has 0 aliphatic heterocycles. The lowest BCUT2D eigenvalue weighted by Gasteiger charge is -2.34. The van der Waals surface area contributed by atoms with Gasteiger partial charge < -0.3 is 10.2 Å². The SMILES string of the molecule is Cc1cc(C)c(C(=O)N(Cc2ccccc2)C(C(=O)NC(C)(C)C)c2ccccn2)c(C)c1. The molecule has 2 aromatic carbocycles. The molecule has 0 aliphatic rings. The summed E-state index contributed by atoms with van der Waals surface area (Å²) in [7, 11) is 0. The van der Waals surface area contributed by atoms with E-state index >= 15 is 0 Å². The highest BCUT2D eigenvalue weighted by molar-refractivity contribution is 6.00. The van der Waals surface area contributed by atoms with Gasteiger partial charge in [-0.05, 0) is 70.4 Å². The minimum Gasteiger partial charge on any atom is -0.349 e. The molecule has 0 fully saturated rings. The fourth-order valence-corrected chi connectivity index (χ4v) is 4.13. The van der Waals surface area contributed by atoms with Crippen molar-refractivity contribution < 1.29 is 9.59 Å². The van der Waals surface area contributed by atoms with E-state index in [1.807, 2.05) is 90.1 Å². The largest absolute Gasteiger partial charge is 0.349 e. The van der Waals surface area contributed by atoms with Crippen LogP contribution in [0.4, 0.5) is 0 Å². The lowest BCUT2D eigenvalue weighted by atomic mass is 9.97. The topological polar surface area (TPSA) is 62.3 Å². The van der Waals surface area contributed by atoms with Gasteiger partial charge in [-0.3, -0.25) is 14.6 Å². The Morgan fingerprint density at radius 3 is 2.09 bits per heavy atom. The average Bonchev–Trinajstić information content (AvgIpc) is 2.72. The number of rotatable bonds is 6. The monoisotopic (exact) mass is 443 g/mol. The maximum Gasteiger partial charge on any atom is 0.255 e. The van der Waals surface area contributed by atoms with Crippen molar-refractivity contribution in [1.29, 1.82) is 0 Å². The number of benzene rings is 2. The summed E-state index contributed by atoms with van der Waals surface area (Å²) in [4.78, 5) is 33.8. The number of amides is 2. The third-order valence-corrected chi connectivity index (χ3v) is 5.37. The number of nitrogens with one attached hydrogen (secondary N) is 1. The van der Waals surface area contributed by atoms with Gasteiger partial charge in [0.2, 0.25) is 5.91 Å². The summed E-state index contributed by atoms with van der Waals surface area (Å²) < 4.78 is 0. The molecule has 1 heterocycles. The van der Waals surface area contributed by atoms with Crippen molar-refractivity contribution in [3.8, 4) is 0 Å². The maximum atomic E-state index is 14.1. The zero-order valence-corrected chi connectivity index (χ0v) is 20.3. The van der Waals surface area contributed by atoms with E-state index in [2.05, 4.69) is 10.3 Å². The number of pyridine rings is 1. The van der Waals surface area contributed by atoms with Gasteiger partial charge in [0, 0.05) is 23.8 Å². The van der Waals surface area contributed by atoms with Crippen molar-refractivity contribution in [3.63, 3.8) is 0 Å². The molecular formula is C28H33N3O2. The zero-order chi connectivity index (χ0) is 24.2. The summed E-state index contributed by atoms with van der Waals surface area (Å²) >= 11 is 0. The summed E-state index contributed by atoms with van der Waals surface area (Å²) in [5.41, 5.74) is 4.53. The van der Waals surface area contributed by atoms with Gasteiger partial charge >= 0.3 is 0 Å². The van der Waals surface area contributed by atoms with Crippen LogP contribution in [-0.2, 0) is 11.3 Å². The molecule has 3 aromatic rings. The second-order valence-electron chi connectivity index (χ2n) is 9.59. The van der Waals surface area contributed by atoms with Crippen LogP contribution in [0.2, 0.25) is 0 Å². The first-order valence-corrected chi connectivity index (χ1v) is 11.2. The number of hydrogen-bond donors (Lipinski definition) is 1. The summed E-state index contributed by atoms with van der Waals surface area (Å²) in [5.74, 6) is -0.443. The van der Waals surface area contributed by atoms with Gasteiger partial charge in [0.25, 0.3) is 5.91 Å². The standard InChI is InChI=1S/C28H33N3O2/c1-19-16-20(2)24(21(3)17-19)27(33)31(18-22-12-8-7-9-13-22)25(23-14-10-11-15-29-23)26(32)30-28(4,5)6/h7-17,25H,18H2,1-6H3,(H,30,32). The van der Waals surface area contributed by atoms with Gasteiger partial charge in [-0.15, -0.1) is 0 Å². The number of carbonyl (C=O) groups excluding carboxylic acids is 2. The van der Waals surface area contributed by atoms with E-state index in [9.17, 15) is 9.59 Å². The molecule has 0 saturated heterocycles. The highest BCUT2D eigenvalue weighted by atomic mass is 16.2. The quantitative estimate of drug-likeness (QED) is 0.562. The van der Waals surface area contributed by atoms with Crippen LogP contribution in [-0.4, -0.2) is 27.2 Å². The van der Waals surface area contributed by atoms with Crippen LogP contribution < -0.4 is 5.32 Å². The van der Waals surface area contributed by atoms with E-state index in [1.165, 1.54) is 0 Å². The Morgan fingerprint density at radius 2 is 1.55 bits per heavy atom. The minimum absolute atomic E-state index is 0.187. The Labute approximate surface area is 196 Å². The molecule has 1 aromatic heterocycles. The summed E-state index contributed by atoms with van der Waals surface area (Å²) in [6.07, 6.45) is 1.65. The fourth-order valence-electron chi connectivity index (χ4n) is 4.13. The number of hydrogen-bond acceptors (Lipinski definition) is 3. The number of nitrogens with zero attached hydrogens (tertiary/aromatic N) is 2. The van der Waals surface area contributed by atoms with Gasteiger partial charge in [-0.25, -0.2) is 0 Å². The maximum absolute atomic E-state index is 14.1. The second-order valence-corrected chi connectivity index (χ2v) is 9.59. The summed E-state index contributed by atoms with van der Waals surface area (Å²) in [5, 5.41) is 3.06. The third kappa shape index (κ3) is 6.07. The van der Waals surface area contributed by atoms with Crippen LogP contribution in [0.3, 0.4) is 0 Å². The van der Waals surface area contributed by atoms with Gasteiger partial charge in [-0.2, -0.15) is 0 Å². The number of aryl methyl sites for hydroxylation is 3. The van der Waals surface area contributed by atoms with Gasteiger partial charge in [0.05, 0.1) is 5.69 Å². The Hall–Kier alpha value is -3.47. The molecule has 172 valence electrons. The van der Waals surface area contributed by atoms with Gasteiger partial charge in [0.15, 0.2) is 6.04 Å². The zero-order valence-electron chi connectivity index (χ0n) is 20.3. The van der Waals surface area contributed by atoms with Crippen LogP contribution in [0, 0.1) is 20.8 Å². The first-order chi connectivity index (χ1) is 15.6. The average molecular weight is 444 g/mol. The van der Waals surface area contributed by atoms with Crippen LogP contribution in [0.25, 0.3) is 0 Å². The van der Waals surface area contributed by atoms with E-state index in [0.717, 1.165) is 22.3 Å². The van der Waals surface area contributed by atoms with Crippen molar-refractivity contribution in [1.82, 2.24) is 15.2 Å². The first kappa shape index (κ1) is 24.2. The van der Waals surface area contributed by atoms with E-state index in [1.54, 1.807) is 23.2 Å². The summed E-state index contributed by atoms with van der Waals surface area (Å²) in [6, 6.07) is 18.3. The predicted octanol–water partition coefficient (Wildman–Crippen LogP) is 5.31. The van der Waals surface area contributed by atoms with Gasteiger partial charge in [-0.1, -0.05) is 54.1 Å². The number of aromatic nitrogens is 1. The normalized spacial score (nSPS) is 12.2. The molecule has 33 heavy (non-hydrogen) atoms. The third-order valence-electron chi connectivity index (χ3n) is 5.37. The molecule has 1 atom stereocenters. The van der Waals surface area contributed by atoms with Crippen LogP contribution in [0.5, 0.6) is 0 Å². The van der Waals surface area contributed by atoms with Crippen molar-refractivity contribution >= 4 is 11.8 Å². The van der Waals surface area contributed by atoms with Crippen LogP contribution in [0.15, 0.2) is 66.9 Å². The number of carbonyl (C=O) groups is 2. The predicted molar refractivity (Wildman–Crippen MR) is 132 cm³/mol. The highest BCUT2D eigenvalue weighted by Crippen LogP contribution is 2.28. The van der Waals surface area contributed by atoms with E-state index in [4.69, 9.17) is 0 Å². The van der Waals surface area contributed by atoms with E-state index in [-0.39, 0.29) is 18.4 Å². The van der Waals surface area contributed by atoms with E-state index in [0.29, 0.717) is 11.3 Å². The van der Waals surface area contributed by atoms with Crippen molar-refractivity contribution in [3.05, 3.63) is 100 Å². The Bertz CT molecular complexity index is 1100. The molecule has 1 N–H and O–H groups in total. The van der Waals surface area contributed by atoms with Crippen LogP contribution >= 0.6 is 0 Å². The lowest BCUT2D eigenvalue weighted by molar-refractivity contribution is -0.127. The summed E-state index contributed by atoms with van der Waals surface area (Å²) in [6.45, 7) is 12.0. The smallest absolute Gasteiger partial charge is 0.255 e. The molecule has 3 rings (SSSR count). The Morgan fingerprint density at radius 1 is 0.939 bits per heavy atom. The molecule has 2 amide bonds. The van der Waals surface area contributed by atoms with E-state index < -0.39 is 11.6 Å². The first-order valence-electron chi connectivity index (χ1n) is 11.2. The lowest BCUT2D eigenvalue weighted by Crippen LogP contribution is -2.49. The molecule has 0 bridgehead atoms. The molecule has 0 radical (unpaired) electrons. The highest BCUT2D eigenvalue weighted by Gasteiger charge is 2.35. The molecule has 0 spiro atoms. The van der Waals surface area contributed by atoms with Crippen molar-refractivity contribution in [2.75, 3.05) is 0 Å². The Balaban J connectivity index is 2.16. The minimum atomic E-state index is -0.877. The molecule has 1 unspecified atom stereocenters. The molecular weight excluding hydrogens is 410 g/mol. The molecule has 5 heteroatoms. The second kappa shape index (κ2) is 9.99. The molecule has 0 saturated carbocycles. The van der Waals surface area contributed by atoms with Gasteiger partial charge in [0.1, 0.15) is 0 Å². The Kier molecular flexibility index (Phi) is 7.32. The van der Waals surface area contributed by atoms with Crippen molar-refractivity contribution in [2.24, 2.45) is 0 Å². The molecule has 0 aliphatic carbocycles.